The monoisotopic (exact) mass is 500 g/mol. The number of ether oxygens (including phenoxy) is 2. The van der Waals surface area contributed by atoms with Crippen LogP contribution in [0.25, 0.3) is 21.6 Å². The molecule has 1 unspecified atom stereocenters. The first-order chi connectivity index (χ1) is 18.0. The van der Waals surface area contributed by atoms with Crippen molar-refractivity contribution in [2.45, 2.75) is 18.6 Å². The molecule has 0 aromatic heterocycles. The fraction of sp³-hybridized carbons (Fsp3) is 0.222. The van der Waals surface area contributed by atoms with Gasteiger partial charge in [-0.3, -0.25) is 4.79 Å². The van der Waals surface area contributed by atoms with Crippen molar-refractivity contribution in [3.05, 3.63) is 106 Å². The Morgan fingerprint density at radius 3 is 2.11 bits per heavy atom. The molecule has 0 bridgehead atoms. The van der Waals surface area contributed by atoms with Gasteiger partial charge in [-0.05, 0) is 33.3 Å². The van der Waals surface area contributed by atoms with Gasteiger partial charge in [0.25, 0.3) is 0 Å². The fourth-order valence-corrected chi connectivity index (χ4v) is 4.38. The fourth-order valence-electron chi connectivity index (χ4n) is 4.38. The van der Waals surface area contributed by atoms with Crippen LogP contribution in [0.15, 0.2) is 84.0 Å². The molecule has 0 radical (unpaired) electrons. The lowest BCUT2D eigenvalue weighted by Gasteiger charge is -2.22. The molecule has 0 spiro atoms. The van der Waals surface area contributed by atoms with Crippen molar-refractivity contribution in [1.82, 2.24) is 5.32 Å². The molecule has 3 aromatic rings. The number of nitrogens with one attached hydrogen (secondary N) is 1. The van der Waals surface area contributed by atoms with Gasteiger partial charge in [0, 0.05) is 17.4 Å². The molecule has 2 N–H and O–H groups in total. The number of nitrogens with zero attached hydrogens (tertiary/aromatic N) is 3. The third kappa shape index (κ3) is 5.88. The van der Waals surface area contributed by atoms with Crippen LogP contribution in [0, 0.1) is 5.92 Å². The van der Waals surface area contributed by atoms with Gasteiger partial charge in [-0.25, -0.2) is 9.59 Å². The molecule has 0 saturated heterocycles. The molecule has 10 heteroatoms. The lowest BCUT2D eigenvalue weighted by Crippen LogP contribution is -2.50. The zero-order valence-corrected chi connectivity index (χ0v) is 19.7. The van der Waals surface area contributed by atoms with E-state index in [9.17, 15) is 19.5 Å². The van der Waals surface area contributed by atoms with Crippen LogP contribution in [0.2, 0.25) is 0 Å². The number of esters is 1. The number of hydrogen-bond donors (Lipinski definition) is 2. The van der Waals surface area contributed by atoms with Gasteiger partial charge in [-0.1, -0.05) is 84.0 Å². The molecule has 4 rings (SSSR count). The number of aliphatic carboxylic acids is 1. The molecule has 0 fully saturated rings. The van der Waals surface area contributed by atoms with E-state index in [0.717, 1.165) is 22.3 Å². The van der Waals surface area contributed by atoms with E-state index in [1.165, 1.54) is 0 Å². The lowest BCUT2D eigenvalue weighted by atomic mass is 9.98. The number of fused-ring (bicyclic) bond motifs is 3. The Kier molecular flexibility index (Phi) is 8.02. The molecule has 10 nitrogen and oxygen atoms in total. The number of rotatable bonds is 10. The molecular formula is C27H24N4O6. The maximum absolute atomic E-state index is 12.7. The zero-order valence-electron chi connectivity index (χ0n) is 19.7. The smallest absolute Gasteiger partial charge is 0.407 e. The van der Waals surface area contributed by atoms with Crippen LogP contribution in [-0.4, -0.2) is 42.3 Å². The van der Waals surface area contributed by atoms with E-state index in [-0.39, 0.29) is 19.1 Å². The number of carboxylic acid groups (broad SMARTS) is 1. The summed E-state index contributed by atoms with van der Waals surface area (Å²) in [7, 11) is 0. The SMILES string of the molecule is [N-]=[N+]=NCC(C(=O)OCc1ccccc1)[C@H](NC(=O)OCC1c2ccccc2-c2ccccc21)C(=O)O. The second-order valence-corrected chi connectivity index (χ2v) is 8.40. The van der Waals surface area contributed by atoms with Gasteiger partial charge < -0.3 is 19.9 Å². The second kappa shape index (κ2) is 11.7. The molecular weight excluding hydrogens is 476 g/mol. The van der Waals surface area contributed by atoms with Gasteiger partial charge in [0.1, 0.15) is 19.3 Å². The van der Waals surface area contributed by atoms with E-state index >= 15 is 0 Å². The Morgan fingerprint density at radius 1 is 0.919 bits per heavy atom. The van der Waals surface area contributed by atoms with Crippen molar-refractivity contribution in [1.29, 1.82) is 0 Å². The molecule has 2 atom stereocenters. The summed E-state index contributed by atoms with van der Waals surface area (Å²) in [5, 5.41) is 15.3. The van der Waals surface area contributed by atoms with E-state index in [2.05, 4.69) is 15.3 Å². The summed E-state index contributed by atoms with van der Waals surface area (Å²) >= 11 is 0. The van der Waals surface area contributed by atoms with Crippen LogP contribution in [-0.2, 0) is 25.7 Å². The molecule has 37 heavy (non-hydrogen) atoms. The number of carbonyl (C=O) groups is 3. The molecule has 1 aliphatic carbocycles. The van der Waals surface area contributed by atoms with Gasteiger partial charge in [0.05, 0.1) is 5.92 Å². The van der Waals surface area contributed by atoms with Crippen molar-refractivity contribution in [2.24, 2.45) is 11.0 Å². The van der Waals surface area contributed by atoms with E-state index < -0.39 is 36.5 Å². The number of amides is 1. The van der Waals surface area contributed by atoms with Crippen LogP contribution in [0.5, 0.6) is 0 Å². The standard InChI is InChI=1S/C27H24N4O6/c28-31-29-14-22(26(34)36-15-17-8-2-1-3-9-17)24(25(32)33)30-27(35)37-16-23-20-12-6-4-10-18(20)19-11-5-7-13-21(19)23/h1-13,22-24H,14-16H2,(H,30,35)(H,32,33)/t22?,24-/m0/s1. The minimum Gasteiger partial charge on any atom is -0.480 e. The summed E-state index contributed by atoms with van der Waals surface area (Å²) in [5.41, 5.74) is 13.5. The largest absolute Gasteiger partial charge is 0.480 e. The zero-order chi connectivity index (χ0) is 26.2. The Labute approximate surface area is 212 Å². The highest BCUT2D eigenvalue weighted by Crippen LogP contribution is 2.44. The summed E-state index contributed by atoms with van der Waals surface area (Å²) in [4.78, 5) is 40.0. The molecule has 1 amide bonds. The Morgan fingerprint density at radius 2 is 1.51 bits per heavy atom. The predicted molar refractivity (Wildman–Crippen MR) is 133 cm³/mol. The quantitative estimate of drug-likeness (QED) is 0.179. The van der Waals surface area contributed by atoms with Crippen molar-refractivity contribution >= 4 is 18.0 Å². The Balaban J connectivity index is 1.44. The number of carbonyl (C=O) groups excluding carboxylic acids is 2. The summed E-state index contributed by atoms with van der Waals surface area (Å²) < 4.78 is 10.7. The van der Waals surface area contributed by atoms with E-state index in [4.69, 9.17) is 15.0 Å². The molecule has 1 aliphatic rings. The van der Waals surface area contributed by atoms with Crippen LogP contribution in [0.1, 0.15) is 22.6 Å². The minimum absolute atomic E-state index is 0.0360. The third-order valence-corrected chi connectivity index (χ3v) is 6.15. The average Bonchev–Trinajstić information content (AvgIpc) is 3.24. The minimum atomic E-state index is -1.73. The second-order valence-electron chi connectivity index (χ2n) is 8.40. The van der Waals surface area contributed by atoms with Crippen molar-refractivity contribution < 1.29 is 29.0 Å². The number of carboxylic acids is 1. The Hall–Kier alpha value is -4.82. The van der Waals surface area contributed by atoms with Crippen molar-refractivity contribution in [2.75, 3.05) is 13.2 Å². The van der Waals surface area contributed by atoms with Crippen LogP contribution < -0.4 is 5.32 Å². The van der Waals surface area contributed by atoms with Gasteiger partial charge >= 0.3 is 18.0 Å². The van der Waals surface area contributed by atoms with Gasteiger partial charge in [-0.15, -0.1) is 0 Å². The third-order valence-electron chi connectivity index (χ3n) is 6.15. The number of alkyl carbamates (subject to hydrolysis) is 1. The highest BCUT2D eigenvalue weighted by Gasteiger charge is 2.37. The first kappa shape index (κ1) is 25.3. The van der Waals surface area contributed by atoms with Gasteiger partial charge in [0.15, 0.2) is 0 Å². The van der Waals surface area contributed by atoms with Crippen LogP contribution in [0.3, 0.4) is 0 Å². The van der Waals surface area contributed by atoms with Crippen molar-refractivity contribution in [3.63, 3.8) is 0 Å². The molecule has 188 valence electrons. The van der Waals surface area contributed by atoms with E-state index in [1.54, 1.807) is 30.3 Å². The highest BCUT2D eigenvalue weighted by atomic mass is 16.6. The van der Waals surface area contributed by atoms with Gasteiger partial charge in [-0.2, -0.15) is 0 Å². The lowest BCUT2D eigenvalue weighted by molar-refractivity contribution is -0.155. The van der Waals surface area contributed by atoms with E-state index in [0.29, 0.717) is 5.56 Å². The molecule has 3 aromatic carbocycles. The summed E-state index contributed by atoms with van der Waals surface area (Å²) in [6.45, 7) is -0.667. The Bertz CT molecular complexity index is 1290. The number of benzene rings is 3. The topological polar surface area (TPSA) is 151 Å². The van der Waals surface area contributed by atoms with Crippen LogP contribution >= 0.6 is 0 Å². The highest BCUT2D eigenvalue weighted by molar-refractivity contribution is 5.87. The number of azide groups is 1. The maximum Gasteiger partial charge on any atom is 0.407 e. The van der Waals surface area contributed by atoms with Gasteiger partial charge in [0.2, 0.25) is 0 Å². The van der Waals surface area contributed by atoms with E-state index in [1.807, 2.05) is 48.5 Å². The molecule has 0 saturated carbocycles. The van der Waals surface area contributed by atoms with Crippen molar-refractivity contribution in [3.8, 4) is 11.1 Å². The first-order valence-electron chi connectivity index (χ1n) is 11.5. The summed E-state index contributed by atoms with van der Waals surface area (Å²) in [6, 6.07) is 22.6. The average molecular weight is 501 g/mol. The first-order valence-corrected chi connectivity index (χ1v) is 11.5. The maximum atomic E-state index is 12.7. The summed E-state index contributed by atoms with van der Waals surface area (Å²) in [6.07, 6.45) is -1.02. The predicted octanol–water partition coefficient (Wildman–Crippen LogP) is 4.65. The van der Waals surface area contributed by atoms with Crippen LogP contribution in [0.4, 0.5) is 4.79 Å². The normalized spacial score (nSPS) is 13.3. The summed E-state index contributed by atoms with van der Waals surface area (Å²) in [5.74, 6) is -4.11. The number of hydrogen-bond acceptors (Lipinski definition) is 6. The molecule has 0 heterocycles. The molecule has 0 aliphatic heterocycles.